The second kappa shape index (κ2) is 4.32. The zero-order valence-corrected chi connectivity index (χ0v) is 8.72. The molecule has 15 heavy (non-hydrogen) atoms. The van der Waals surface area contributed by atoms with Gasteiger partial charge in [-0.1, -0.05) is 12.8 Å². The minimum Gasteiger partial charge on any atom is -0.369 e. The van der Waals surface area contributed by atoms with Crippen molar-refractivity contribution in [2.24, 2.45) is 11.8 Å². The summed E-state index contributed by atoms with van der Waals surface area (Å²) < 4.78 is 41.1. The Labute approximate surface area is 88.0 Å². The number of fused-ring (bicyclic) bond motifs is 4. The zero-order valence-electron chi connectivity index (χ0n) is 8.72. The summed E-state index contributed by atoms with van der Waals surface area (Å²) in [7, 11) is 0. The van der Waals surface area contributed by atoms with E-state index in [1.54, 1.807) is 0 Å². The highest BCUT2D eigenvalue weighted by Crippen LogP contribution is 2.40. The maximum atomic E-state index is 12.0. The normalized spacial score (nSPS) is 36.6. The van der Waals surface area contributed by atoms with Gasteiger partial charge in [-0.05, 0) is 37.5 Å². The number of ether oxygens (including phenoxy) is 1. The zero-order chi connectivity index (χ0) is 10.9. The van der Waals surface area contributed by atoms with Crippen molar-refractivity contribution in [1.29, 1.82) is 0 Å². The molecule has 0 amide bonds. The van der Waals surface area contributed by atoms with Gasteiger partial charge in [0.2, 0.25) is 0 Å². The van der Waals surface area contributed by atoms with Crippen molar-refractivity contribution in [3.8, 4) is 0 Å². The Bertz CT molecular complexity index is 206. The van der Waals surface area contributed by atoms with Crippen LogP contribution in [-0.2, 0) is 4.74 Å². The summed E-state index contributed by atoms with van der Waals surface area (Å²) in [6, 6.07) is 0. The van der Waals surface area contributed by atoms with Crippen LogP contribution >= 0.6 is 0 Å². The third kappa shape index (κ3) is 3.10. The molecule has 1 nitrogen and oxygen atoms in total. The molecule has 0 aromatic rings. The molecular formula is C11H17F3O. The van der Waals surface area contributed by atoms with Crippen LogP contribution in [0.15, 0.2) is 0 Å². The van der Waals surface area contributed by atoms with Gasteiger partial charge in [0.1, 0.15) is 6.61 Å². The molecule has 3 rings (SSSR count). The van der Waals surface area contributed by atoms with Gasteiger partial charge >= 0.3 is 6.18 Å². The van der Waals surface area contributed by atoms with E-state index in [4.69, 9.17) is 4.74 Å². The third-order valence-electron chi connectivity index (χ3n) is 3.74. The topological polar surface area (TPSA) is 9.23 Å². The van der Waals surface area contributed by atoms with Crippen molar-refractivity contribution in [3.63, 3.8) is 0 Å². The minimum absolute atomic E-state index is 0.140. The van der Waals surface area contributed by atoms with E-state index in [9.17, 15) is 13.2 Å². The largest absolute Gasteiger partial charge is 0.411 e. The standard InChI is InChI=1S/C11H17F3O/c12-11(13,14)7-15-10-6-3-8-1-4-9(10)5-2-8/h8-10H,1-7H2/t8?,9?,10-/m0/s1/i9+1. The van der Waals surface area contributed by atoms with Gasteiger partial charge in [0.15, 0.2) is 0 Å². The van der Waals surface area contributed by atoms with Crippen LogP contribution in [0.25, 0.3) is 0 Å². The van der Waals surface area contributed by atoms with Crippen LogP contribution in [0.3, 0.4) is 0 Å². The first-order valence-corrected chi connectivity index (χ1v) is 5.73. The third-order valence-corrected chi connectivity index (χ3v) is 3.74. The van der Waals surface area contributed by atoms with E-state index >= 15 is 0 Å². The lowest BCUT2D eigenvalue weighted by Gasteiger charge is -2.27. The molecular weight excluding hydrogens is 206 g/mol. The van der Waals surface area contributed by atoms with Gasteiger partial charge < -0.3 is 4.74 Å². The molecule has 0 heterocycles. The molecule has 0 radical (unpaired) electrons. The van der Waals surface area contributed by atoms with Gasteiger partial charge in [0.05, 0.1) is 6.10 Å². The molecule has 3 fully saturated rings. The van der Waals surface area contributed by atoms with E-state index in [1.807, 2.05) is 0 Å². The van der Waals surface area contributed by atoms with Crippen molar-refractivity contribution in [2.75, 3.05) is 6.61 Å². The van der Waals surface area contributed by atoms with Crippen LogP contribution in [-0.4, -0.2) is 18.9 Å². The number of hydrogen-bond donors (Lipinski definition) is 0. The van der Waals surface area contributed by atoms with Crippen LogP contribution in [0.5, 0.6) is 0 Å². The monoisotopic (exact) mass is 223 g/mol. The van der Waals surface area contributed by atoms with Crippen molar-refractivity contribution >= 4 is 0 Å². The summed E-state index contributed by atoms with van der Waals surface area (Å²) in [6.07, 6.45) is 2.07. The second-order valence-electron chi connectivity index (χ2n) is 4.82. The van der Waals surface area contributed by atoms with E-state index in [0.29, 0.717) is 5.92 Å². The Morgan fingerprint density at radius 2 is 1.53 bits per heavy atom. The molecule has 0 saturated heterocycles. The lowest BCUT2D eigenvalue weighted by molar-refractivity contribution is -0.191. The molecule has 3 aliphatic carbocycles. The van der Waals surface area contributed by atoms with Crippen LogP contribution in [0, 0.1) is 11.8 Å². The van der Waals surface area contributed by atoms with Crippen LogP contribution in [0.4, 0.5) is 13.2 Å². The predicted molar refractivity (Wildman–Crippen MR) is 50.5 cm³/mol. The molecule has 0 aromatic carbocycles. The molecule has 1 atom stereocenters. The van der Waals surface area contributed by atoms with E-state index < -0.39 is 12.8 Å². The molecule has 0 aromatic heterocycles. The van der Waals surface area contributed by atoms with Crippen LogP contribution in [0.1, 0.15) is 38.5 Å². The van der Waals surface area contributed by atoms with Crippen molar-refractivity contribution < 1.29 is 17.9 Å². The Hall–Kier alpha value is -0.250. The van der Waals surface area contributed by atoms with Gasteiger partial charge in [-0.2, -0.15) is 13.2 Å². The maximum Gasteiger partial charge on any atom is 0.411 e. The fourth-order valence-corrected chi connectivity index (χ4v) is 2.91. The lowest BCUT2D eigenvalue weighted by atomic mass is 9.93. The van der Waals surface area contributed by atoms with Crippen molar-refractivity contribution in [2.45, 2.75) is 50.8 Å². The minimum atomic E-state index is -4.18. The first-order chi connectivity index (χ1) is 7.04. The highest BCUT2D eigenvalue weighted by atomic mass is 19.4. The lowest BCUT2D eigenvalue weighted by Crippen LogP contribution is -2.28. The highest BCUT2D eigenvalue weighted by Gasteiger charge is 2.36. The fraction of sp³-hybridized carbons (Fsp3) is 1.00. The number of halogens is 3. The quantitative estimate of drug-likeness (QED) is 0.651. The van der Waals surface area contributed by atoms with Crippen LogP contribution < -0.4 is 0 Å². The summed E-state index contributed by atoms with van der Waals surface area (Å²) in [5.74, 6) is 1.13. The second-order valence-corrected chi connectivity index (χ2v) is 4.82. The molecule has 0 aliphatic heterocycles. The number of rotatable bonds is 2. The maximum absolute atomic E-state index is 12.0. The van der Waals surface area contributed by atoms with E-state index in [0.717, 1.165) is 31.6 Å². The summed E-state index contributed by atoms with van der Waals surface area (Å²) in [5.41, 5.74) is 0. The first-order valence-electron chi connectivity index (χ1n) is 5.73. The van der Waals surface area contributed by atoms with Gasteiger partial charge in [-0.15, -0.1) is 0 Å². The summed E-state index contributed by atoms with van der Waals surface area (Å²) in [4.78, 5) is 0. The summed E-state index contributed by atoms with van der Waals surface area (Å²) in [6.45, 7) is -1.07. The van der Waals surface area contributed by atoms with Gasteiger partial charge in [0, 0.05) is 0 Å². The average Bonchev–Trinajstić information content (AvgIpc) is 2.46. The SMILES string of the molecule is FC(F)(F)CO[C@H]1CCC2CC[13CH]1CC2. The Morgan fingerprint density at radius 3 is 2.13 bits per heavy atom. The smallest absolute Gasteiger partial charge is 0.369 e. The predicted octanol–water partition coefficient (Wildman–Crippen LogP) is 3.53. The fourth-order valence-electron chi connectivity index (χ4n) is 2.91. The van der Waals surface area contributed by atoms with Crippen LogP contribution in [0.2, 0.25) is 0 Å². The van der Waals surface area contributed by atoms with Gasteiger partial charge in [-0.3, -0.25) is 0 Å². The van der Waals surface area contributed by atoms with E-state index in [-0.39, 0.29) is 6.10 Å². The molecule has 0 N–H and O–H groups in total. The molecule has 2 bridgehead atoms. The molecule has 0 unspecified atom stereocenters. The summed E-state index contributed by atoms with van der Waals surface area (Å²) >= 11 is 0. The first kappa shape index (κ1) is 11.2. The average molecular weight is 223 g/mol. The number of hydrogen-bond acceptors (Lipinski definition) is 1. The molecule has 4 heteroatoms. The van der Waals surface area contributed by atoms with Gasteiger partial charge in [-0.25, -0.2) is 0 Å². The molecule has 3 aliphatic rings. The van der Waals surface area contributed by atoms with E-state index in [2.05, 4.69) is 0 Å². The Balaban J connectivity index is 1.86. The van der Waals surface area contributed by atoms with Crippen molar-refractivity contribution in [3.05, 3.63) is 0 Å². The van der Waals surface area contributed by atoms with Gasteiger partial charge in [0.25, 0.3) is 0 Å². The molecule has 88 valence electrons. The number of alkyl halides is 3. The van der Waals surface area contributed by atoms with E-state index in [1.165, 1.54) is 12.8 Å². The summed E-state index contributed by atoms with van der Waals surface area (Å²) in [5, 5.41) is 0. The highest BCUT2D eigenvalue weighted by molar-refractivity contribution is 4.84. The van der Waals surface area contributed by atoms with Crippen molar-refractivity contribution in [1.82, 2.24) is 0 Å². The Morgan fingerprint density at radius 1 is 0.933 bits per heavy atom. The molecule has 3 saturated carbocycles. The Kier molecular flexibility index (Phi) is 3.24. The molecule has 0 spiro atoms.